The Kier molecular flexibility index (Phi) is 3.07. The number of rotatable bonds is 3. The average Bonchev–Trinajstić information content (AvgIpc) is 2.46. The van der Waals surface area contributed by atoms with Crippen LogP contribution < -0.4 is 10.6 Å². The lowest BCUT2D eigenvalue weighted by atomic mass is 10.2. The lowest BCUT2D eigenvalue weighted by molar-refractivity contribution is -0.138. The van der Waals surface area contributed by atoms with Gasteiger partial charge < -0.3 is 15.7 Å². The van der Waals surface area contributed by atoms with Gasteiger partial charge in [-0.05, 0) is 6.92 Å². The maximum Gasteiger partial charge on any atom is 0.326 e. The molecule has 0 bridgehead atoms. The number of aryl methyl sites for hydroxylation is 1. The van der Waals surface area contributed by atoms with Crippen LogP contribution in [0.5, 0.6) is 0 Å². The van der Waals surface area contributed by atoms with Gasteiger partial charge >= 0.3 is 5.97 Å². The molecule has 14 heavy (non-hydrogen) atoms. The molecule has 0 radical (unpaired) electrons. The van der Waals surface area contributed by atoms with E-state index >= 15 is 0 Å². The van der Waals surface area contributed by atoms with Crippen LogP contribution in [-0.2, 0) is 4.79 Å². The number of carboxylic acid groups (broad SMARTS) is 1. The van der Waals surface area contributed by atoms with Gasteiger partial charge in [0.1, 0.15) is 6.04 Å². The van der Waals surface area contributed by atoms with Crippen molar-refractivity contribution in [2.45, 2.75) is 13.0 Å². The van der Waals surface area contributed by atoms with E-state index in [-0.39, 0.29) is 0 Å². The van der Waals surface area contributed by atoms with E-state index in [9.17, 15) is 4.79 Å². The molecule has 1 aromatic rings. The third kappa shape index (κ3) is 2.02. The minimum Gasteiger partial charge on any atom is -0.480 e. The monoisotopic (exact) mass is 215 g/mol. The van der Waals surface area contributed by atoms with Crippen LogP contribution in [0.1, 0.15) is 16.6 Å². The average molecular weight is 215 g/mol. The molecule has 1 atom stereocenters. The normalized spacial score (nSPS) is 12.6. The lowest BCUT2D eigenvalue weighted by Gasteiger charge is -2.05. The number of anilines is 1. The summed E-state index contributed by atoms with van der Waals surface area (Å²) in [7, 11) is 3.71. The van der Waals surface area contributed by atoms with E-state index in [1.165, 1.54) is 11.3 Å². The van der Waals surface area contributed by atoms with Gasteiger partial charge in [0.05, 0.1) is 10.6 Å². The third-order valence-electron chi connectivity index (χ3n) is 1.75. The highest BCUT2D eigenvalue weighted by molar-refractivity contribution is 7.15. The zero-order valence-electron chi connectivity index (χ0n) is 8.31. The van der Waals surface area contributed by atoms with Gasteiger partial charge in [-0.15, -0.1) is 0 Å². The van der Waals surface area contributed by atoms with Crippen molar-refractivity contribution < 1.29 is 9.90 Å². The quantitative estimate of drug-likeness (QED) is 0.772. The minimum atomic E-state index is -1.03. The number of aliphatic carboxylic acids is 1. The first-order valence-corrected chi connectivity index (χ1v) is 4.88. The van der Waals surface area contributed by atoms with Gasteiger partial charge in [-0.25, -0.2) is 4.98 Å². The highest BCUT2D eigenvalue weighted by Crippen LogP contribution is 2.28. The standard InChI is InChI=1S/C8H13N3O2S/c1-4-6(5(9)7(12)13)14-8(10-4)11(2)3/h5H,9H2,1-3H3,(H,12,13). The fourth-order valence-electron chi connectivity index (χ4n) is 0.986. The Balaban J connectivity index is 3.04. The Labute approximate surface area is 86.2 Å². The van der Waals surface area contributed by atoms with Crippen LogP contribution in [0.25, 0.3) is 0 Å². The van der Waals surface area contributed by atoms with Crippen LogP contribution in [0, 0.1) is 6.92 Å². The summed E-state index contributed by atoms with van der Waals surface area (Å²) in [5.74, 6) is -1.03. The van der Waals surface area contributed by atoms with E-state index in [0.717, 1.165) is 5.13 Å². The Morgan fingerprint density at radius 1 is 1.64 bits per heavy atom. The van der Waals surface area contributed by atoms with Crippen LogP contribution in [0.2, 0.25) is 0 Å². The molecular weight excluding hydrogens is 202 g/mol. The number of thiazole rings is 1. The molecule has 3 N–H and O–H groups in total. The summed E-state index contributed by atoms with van der Waals surface area (Å²) in [6, 6.07) is -0.971. The fourth-order valence-corrected chi connectivity index (χ4v) is 1.97. The Morgan fingerprint density at radius 3 is 2.57 bits per heavy atom. The molecule has 0 saturated carbocycles. The van der Waals surface area contributed by atoms with Crippen molar-refractivity contribution in [3.8, 4) is 0 Å². The topological polar surface area (TPSA) is 79.5 Å². The van der Waals surface area contributed by atoms with Crippen molar-refractivity contribution in [1.82, 2.24) is 4.98 Å². The Hall–Kier alpha value is -1.14. The van der Waals surface area contributed by atoms with Crippen LogP contribution in [-0.4, -0.2) is 30.2 Å². The van der Waals surface area contributed by atoms with E-state index in [0.29, 0.717) is 10.6 Å². The van der Waals surface area contributed by atoms with Gasteiger partial charge in [0, 0.05) is 14.1 Å². The first-order chi connectivity index (χ1) is 6.43. The smallest absolute Gasteiger partial charge is 0.326 e. The molecule has 1 rings (SSSR count). The molecule has 78 valence electrons. The predicted octanol–water partition coefficient (Wildman–Crippen LogP) is 0.602. The van der Waals surface area contributed by atoms with Crippen molar-refractivity contribution in [3.63, 3.8) is 0 Å². The first-order valence-electron chi connectivity index (χ1n) is 4.06. The molecule has 0 aliphatic carbocycles. The molecule has 5 nitrogen and oxygen atoms in total. The van der Waals surface area contributed by atoms with Gasteiger partial charge in [0.25, 0.3) is 0 Å². The summed E-state index contributed by atoms with van der Waals surface area (Å²) in [5, 5.41) is 9.52. The Bertz CT molecular complexity index is 348. The van der Waals surface area contributed by atoms with Crippen molar-refractivity contribution in [3.05, 3.63) is 10.6 Å². The summed E-state index contributed by atoms with van der Waals surface area (Å²) in [4.78, 5) is 17.3. The summed E-state index contributed by atoms with van der Waals surface area (Å²) >= 11 is 1.31. The SMILES string of the molecule is Cc1nc(N(C)C)sc1C(N)C(=O)O. The van der Waals surface area contributed by atoms with Crippen molar-refractivity contribution in [2.24, 2.45) is 5.73 Å². The fraction of sp³-hybridized carbons (Fsp3) is 0.500. The highest BCUT2D eigenvalue weighted by atomic mass is 32.1. The predicted molar refractivity (Wildman–Crippen MR) is 55.7 cm³/mol. The van der Waals surface area contributed by atoms with Gasteiger partial charge in [-0.3, -0.25) is 4.79 Å². The Morgan fingerprint density at radius 2 is 2.21 bits per heavy atom. The molecule has 0 aromatic carbocycles. The summed E-state index contributed by atoms with van der Waals surface area (Å²) in [6.45, 7) is 1.77. The van der Waals surface area contributed by atoms with Gasteiger partial charge in [-0.2, -0.15) is 0 Å². The number of nitrogens with zero attached hydrogens (tertiary/aromatic N) is 2. The summed E-state index contributed by atoms with van der Waals surface area (Å²) in [5.41, 5.74) is 6.19. The third-order valence-corrected chi connectivity index (χ3v) is 3.16. The molecule has 6 heteroatoms. The second-order valence-electron chi connectivity index (χ2n) is 3.16. The molecule has 1 aromatic heterocycles. The number of aromatic nitrogens is 1. The van der Waals surface area contributed by atoms with Crippen LogP contribution in [0.3, 0.4) is 0 Å². The number of carbonyl (C=O) groups is 1. The van der Waals surface area contributed by atoms with Gasteiger partial charge in [0.15, 0.2) is 5.13 Å². The first kappa shape index (κ1) is 10.9. The van der Waals surface area contributed by atoms with E-state index in [4.69, 9.17) is 10.8 Å². The zero-order chi connectivity index (χ0) is 10.9. The summed E-state index contributed by atoms with van der Waals surface area (Å²) in [6.07, 6.45) is 0. The van der Waals surface area contributed by atoms with E-state index in [1.807, 2.05) is 19.0 Å². The molecule has 0 amide bonds. The number of nitrogens with two attached hydrogens (primary N) is 1. The molecule has 1 unspecified atom stereocenters. The van der Waals surface area contributed by atoms with Crippen LogP contribution in [0.4, 0.5) is 5.13 Å². The number of hydrogen-bond acceptors (Lipinski definition) is 5. The summed E-state index contributed by atoms with van der Waals surface area (Å²) < 4.78 is 0. The van der Waals surface area contributed by atoms with Crippen LogP contribution in [0.15, 0.2) is 0 Å². The maximum atomic E-state index is 10.7. The van der Waals surface area contributed by atoms with E-state index < -0.39 is 12.0 Å². The molecule has 0 saturated heterocycles. The largest absolute Gasteiger partial charge is 0.480 e. The van der Waals surface area contributed by atoms with Gasteiger partial charge in [-0.1, -0.05) is 11.3 Å². The lowest BCUT2D eigenvalue weighted by Crippen LogP contribution is -2.20. The zero-order valence-corrected chi connectivity index (χ0v) is 9.13. The number of carboxylic acids is 1. The molecule has 0 aliphatic heterocycles. The van der Waals surface area contributed by atoms with Gasteiger partial charge in [0.2, 0.25) is 0 Å². The van der Waals surface area contributed by atoms with E-state index in [1.54, 1.807) is 6.92 Å². The molecule has 1 heterocycles. The van der Waals surface area contributed by atoms with E-state index in [2.05, 4.69) is 4.98 Å². The molecule has 0 aliphatic rings. The van der Waals surface area contributed by atoms with Crippen molar-refractivity contribution >= 4 is 22.4 Å². The van der Waals surface area contributed by atoms with Crippen LogP contribution >= 0.6 is 11.3 Å². The second-order valence-corrected chi connectivity index (χ2v) is 4.17. The van der Waals surface area contributed by atoms with Crippen molar-refractivity contribution in [1.29, 1.82) is 0 Å². The molecule has 0 fully saturated rings. The van der Waals surface area contributed by atoms with Crippen molar-refractivity contribution in [2.75, 3.05) is 19.0 Å². The minimum absolute atomic E-state index is 0.612. The molecular formula is C8H13N3O2S. The highest BCUT2D eigenvalue weighted by Gasteiger charge is 2.21. The molecule has 0 spiro atoms. The second kappa shape index (κ2) is 3.93. The maximum absolute atomic E-state index is 10.7. The number of hydrogen-bond donors (Lipinski definition) is 2.